The van der Waals surface area contributed by atoms with Crippen molar-refractivity contribution >= 4 is 0 Å². The van der Waals surface area contributed by atoms with E-state index in [2.05, 4.69) is 12.1 Å². The van der Waals surface area contributed by atoms with Crippen molar-refractivity contribution in [3.8, 4) is 0 Å². The molecule has 1 heterocycles. The smallest absolute Gasteiger partial charge is 0.136 e. The van der Waals surface area contributed by atoms with Gasteiger partial charge in [0.2, 0.25) is 0 Å². The van der Waals surface area contributed by atoms with Gasteiger partial charge < -0.3 is 4.52 Å². The van der Waals surface area contributed by atoms with Crippen LogP contribution in [0.25, 0.3) is 0 Å². The van der Waals surface area contributed by atoms with Gasteiger partial charge in [-0.25, -0.2) is 0 Å². The van der Waals surface area contributed by atoms with Gasteiger partial charge in [-0.15, -0.1) is 0 Å². The second kappa shape index (κ2) is 3.40. The van der Waals surface area contributed by atoms with Crippen LogP contribution in [0.2, 0.25) is 0 Å². The molecule has 2 nitrogen and oxygen atoms in total. The van der Waals surface area contributed by atoms with E-state index in [4.69, 9.17) is 4.52 Å². The Hall–Kier alpha value is -0.790. The van der Waals surface area contributed by atoms with Gasteiger partial charge in [0.25, 0.3) is 0 Å². The summed E-state index contributed by atoms with van der Waals surface area (Å²) in [6.07, 6.45) is 3.42. The molecule has 0 fully saturated rings. The summed E-state index contributed by atoms with van der Waals surface area (Å²) in [5, 5.41) is 3.79. The van der Waals surface area contributed by atoms with Gasteiger partial charge in [0, 0.05) is 12.5 Å². The minimum absolute atomic E-state index is 0.978. The number of aromatic nitrogens is 1. The van der Waals surface area contributed by atoms with Crippen molar-refractivity contribution in [1.82, 2.24) is 5.16 Å². The van der Waals surface area contributed by atoms with Gasteiger partial charge in [0.05, 0.1) is 5.69 Å². The molecule has 1 aromatic rings. The third kappa shape index (κ3) is 1.87. The molecule has 1 aromatic heterocycles. The van der Waals surface area contributed by atoms with Crippen molar-refractivity contribution in [3.63, 3.8) is 0 Å². The summed E-state index contributed by atoms with van der Waals surface area (Å²) in [4.78, 5) is 0. The van der Waals surface area contributed by atoms with Crippen molar-refractivity contribution in [2.45, 2.75) is 33.1 Å². The zero-order valence-corrected chi connectivity index (χ0v) is 6.55. The zero-order chi connectivity index (χ0) is 7.40. The third-order valence-corrected chi connectivity index (χ3v) is 1.45. The first-order valence-electron chi connectivity index (χ1n) is 3.75. The maximum absolute atomic E-state index is 5.02. The van der Waals surface area contributed by atoms with E-state index >= 15 is 0 Å². The molecule has 0 aromatic carbocycles. The lowest BCUT2D eigenvalue weighted by Gasteiger charge is -1.88. The van der Waals surface area contributed by atoms with Crippen LogP contribution in [0.3, 0.4) is 0 Å². The number of rotatable bonds is 3. The number of hydrogen-bond acceptors (Lipinski definition) is 2. The fourth-order valence-electron chi connectivity index (χ4n) is 0.885. The molecular formula is C8H13NO. The first-order valence-corrected chi connectivity index (χ1v) is 3.75. The monoisotopic (exact) mass is 139 g/mol. The lowest BCUT2D eigenvalue weighted by Crippen LogP contribution is -1.78. The average Bonchev–Trinajstić information content (AvgIpc) is 2.31. The first kappa shape index (κ1) is 7.32. The molecule has 0 aliphatic carbocycles. The molecule has 56 valence electrons. The molecule has 0 spiro atoms. The number of unbranched alkanes of at least 4 members (excludes halogenated alkanes) is 1. The molecule has 0 saturated heterocycles. The highest BCUT2D eigenvalue weighted by Gasteiger charge is 1.97. The molecule has 2 heteroatoms. The minimum Gasteiger partial charge on any atom is -0.361 e. The van der Waals surface area contributed by atoms with Gasteiger partial charge in [-0.2, -0.15) is 0 Å². The fourth-order valence-corrected chi connectivity index (χ4v) is 0.885. The van der Waals surface area contributed by atoms with Gasteiger partial charge in [0.1, 0.15) is 5.76 Å². The predicted octanol–water partition coefficient (Wildman–Crippen LogP) is 2.33. The summed E-state index contributed by atoms with van der Waals surface area (Å²) in [6, 6.07) is 2.00. The van der Waals surface area contributed by atoms with E-state index in [1.54, 1.807) is 0 Å². The van der Waals surface area contributed by atoms with Crippen LogP contribution in [0.4, 0.5) is 0 Å². The summed E-state index contributed by atoms with van der Waals surface area (Å²) in [5.41, 5.74) is 0.978. The van der Waals surface area contributed by atoms with Gasteiger partial charge in [-0.3, -0.25) is 0 Å². The lowest BCUT2D eigenvalue weighted by molar-refractivity contribution is 0.376. The van der Waals surface area contributed by atoms with Crippen LogP contribution in [0, 0.1) is 6.92 Å². The Morgan fingerprint density at radius 2 is 2.40 bits per heavy atom. The fraction of sp³-hybridized carbons (Fsp3) is 0.625. The zero-order valence-electron chi connectivity index (χ0n) is 6.55. The average molecular weight is 139 g/mol. The van der Waals surface area contributed by atoms with E-state index in [0.717, 1.165) is 17.9 Å². The third-order valence-electron chi connectivity index (χ3n) is 1.45. The molecule has 0 saturated carbocycles. The van der Waals surface area contributed by atoms with Crippen LogP contribution in [-0.2, 0) is 6.42 Å². The van der Waals surface area contributed by atoms with Gasteiger partial charge in [-0.05, 0) is 13.3 Å². The van der Waals surface area contributed by atoms with Crippen LogP contribution in [0.1, 0.15) is 31.2 Å². The Labute approximate surface area is 61.2 Å². The van der Waals surface area contributed by atoms with Gasteiger partial charge in [-0.1, -0.05) is 18.5 Å². The molecule has 10 heavy (non-hydrogen) atoms. The lowest BCUT2D eigenvalue weighted by atomic mass is 10.2. The van der Waals surface area contributed by atoms with E-state index in [-0.39, 0.29) is 0 Å². The van der Waals surface area contributed by atoms with Crippen molar-refractivity contribution < 1.29 is 4.52 Å². The highest BCUT2D eigenvalue weighted by atomic mass is 16.5. The molecule has 0 aliphatic rings. The molecule has 0 amide bonds. The van der Waals surface area contributed by atoms with E-state index in [0.29, 0.717) is 0 Å². The molecular weight excluding hydrogens is 126 g/mol. The Balaban J connectivity index is 2.42. The van der Waals surface area contributed by atoms with Crippen LogP contribution in [0.15, 0.2) is 10.6 Å². The molecule has 0 N–H and O–H groups in total. The Kier molecular flexibility index (Phi) is 2.49. The van der Waals surface area contributed by atoms with Crippen molar-refractivity contribution in [3.05, 3.63) is 17.5 Å². The summed E-state index contributed by atoms with van der Waals surface area (Å²) >= 11 is 0. The second-order valence-electron chi connectivity index (χ2n) is 2.54. The quantitative estimate of drug-likeness (QED) is 0.642. The van der Waals surface area contributed by atoms with Crippen molar-refractivity contribution in [2.24, 2.45) is 0 Å². The number of nitrogens with zero attached hydrogens (tertiary/aromatic N) is 1. The highest BCUT2D eigenvalue weighted by Crippen LogP contribution is 2.05. The molecule has 0 aliphatic heterocycles. The van der Waals surface area contributed by atoms with Crippen LogP contribution < -0.4 is 0 Å². The largest absolute Gasteiger partial charge is 0.361 e. The maximum Gasteiger partial charge on any atom is 0.136 e. The molecule has 0 radical (unpaired) electrons. The summed E-state index contributed by atoms with van der Waals surface area (Å²) in [7, 11) is 0. The Morgan fingerprint density at radius 3 is 2.90 bits per heavy atom. The minimum atomic E-state index is 0.978. The van der Waals surface area contributed by atoms with Gasteiger partial charge in [0.15, 0.2) is 0 Å². The van der Waals surface area contributed by atoms with E-state index in [9.17, 15) is 0 Å². The van der Waals surface area contributed by atoms with Crippen molar-refractivity contribution in [1.29, 1.82) is 0 Å². The summed E-state index contributed by atoms with van der Waals surface area (Å²) in [6.45, 7) is 4.11. The van der Waals surface area contributed by atoms with E-state index in [1.807, 2.05) is 13.0 Å². The topological polar surface area (TPSA) is 26.0 Å². The number of aryl methyl sites for hydroxylation is 2. The normalized spacial score (nSPS) is 10.2. The maximum atomic E-state index is 5.02. The molecule has 0 unspecified atom stereocenters. The van der Waals surface area contributed by atoms with Crippen LogP contribution in [0.5, 0.6) is 0 Å². The van der Waals surface area contributed by atoms with E-state index < -0.39 is 0 Å². The summed E-state index contributed by atoms with van der Waals surface area (Å²) in [5.74, 6) is 1.01. The summed E-state index contributed by atoms with van der Waals surface area (Å²) < 4.78 is 5.02. The first-order chi connectivity index (χ1) is 4.83. The van der Waals surface area contributed by atoms with E-state index in [1.165, 1.54) is 12.8 Å². The van der Waals surface area contributed by atoms with Gasteiger partial charge >= 0.3 is 0 Å². The Morgan fingerprint density at radius 1 is 1.60 bits per heavy atom. The Bertz CT molecular complexity index is 193. The van der Waals surface area contributed by atoms with Crippen LogP contribution >= 0.6 is 0 Å². The van der Waals surface area contributed by atoms with Crippen molar-refractivity contribution in [2.75, 3.05) is 0 Å². The second-order valence-corrected chi connectivity index (χ2v) is 2.54. The highest BCUT2D eigenvalue weighted by molar-refractivity contribution is 5.02. The molecule has 0 atom stereocenters. The standard InChI is InChI=1S/C8H13NO/c1-3-4-5-8-6-7(2)9-10-8/h6H,3-5H2,1-2H3. The predicted molar refractivity (Wildman–Crippen MR) is 39.9 cm³/mol. The number of hydrogen-bond donors (Lipinski definition) is 0. The van der Waals surface area contributed by atoms with Crippen LogP contribution in [-0.4, -0.2) is 5.16 Å². The SMILES string of the molecule is CCCCc1cc(C)no1. The molecule has 1 rings (SSSR count). The molecule has 0 bridgehead atoms.